The lowest BCUT2D eigenvalue weighted by Gasteiger charge is -2.11. The van der Waals surface area contributed by atoms with E-state index in [1.807, 2.05) is 0 Å². The van der Waals surface area contributed by atoms with Crippen LogP contribution < -0.4 is 10.6 Å². The average molecular weight is 340 g/mol. The van der Waals surface area contributed by atoms with Crippen molar-refractivity contribution in [3.63, 3.8) is 0 Å². The van der Waals surface area contributed by atoms with Crippen molar-refractivity contribution in [1.29, 1.82) is 0 Å². The number of nitrogens with zero attached hydrogens (tertiary/aromatic N) is 1. The highest BCUT2D eigenvalue weighted by atomic mass is 35.5. The molecule has 8 heteroatoms. The molecule has 0 aromatic heterocycles. The molecule has 0 aliphatic heterocycles. The summed E-state index contributed by atoms with van der Waals surface area (Å²) in [6.45, 7) is 0. The summed E-state index contributed by atoms with van der Waals surface area (Å²) < 4.78 is 0. The molecule has 0 bridgehead atoms. The Kier molecular flexibility index (Phi) is 4.85. The van der Waals surface area contributed by atoms with Gasteiger partial charge in [-0.2, -0.15) is 0 Å². The fourth-order valence-corrected chi connectivity index (χ4v) is 2.17. The zero-order valence-corrected chi connectivity index (χ0v) is 12.9. The van der Waals surface area contributed by atoms with Crippen molar-refractivity contribution in [1.82, 2.24) is 0 Å². The van der Waals surface area contributed by atoms with E-state index in [0.29, 0.717) is 21.4 Å². The Bertz CT molecular complexity index is 750. The number of anilines is 2. The smallest absolute Gasteiger partial charge is 0.270 e. The minimum atomic E-state index is -0.567. The number of amides is 1. The quantitative estimate of drug-likeness (QED) is 0.645. The van der Waals surface area contributed by atoms with Crippen LogP contribution in [-0.4, -0.2) is 17.9 Å². The van der Waals surface area contributed by atoms with E-state index in [4.69, 9.17) is 23.2 Å². The monoisotopic (exact) mass is 339 g/mol. The van der Waals surface area contributed by atoms with Crippen molar-refractivity contribution >= 4 is 46.2 Å². The second-order valence-corrected chi connectivity index (χ2v) is 5.16. The molecule has 2 rings (SSSR count). The second kappa shape index (κ2) is 6.64. The zero-order chi connectivity index (χ0) is 16.3. The van der Waals surface area contributed by atoms with Gasteiger partial charge in [0.2, 0.25) is 0 Å². The number of halogens is 2. The molecule has 0 heterocycles. The predicted octanol–water partition coefficient (Wildman–Crippen LogP) is 4.20. The van der Waals surface area contributed by atoms with E-state index in [1.54, 1.807) is 19.2 Å². The van der Waals surface area contributed by atoms with Gasteiger partial charge in [-0.3, -0.25) is 14.9 Å². The number of carbonyl (C=O) groups excluding carboxylic acids is 1. The van der Waals surface area contributed by atoms with Crippen LogP contribution in [0.2, 0.25) is 10.0 Å². The van der Waals surface area contributed by atoms with Gasteiger partial charge in [0.05, 0.1) is 21.2 Å². The van der Waals surface area contributed by atoms with Gasteiger partial charge in [-0.05, 0) is 24.3 Å². The second-order valence-electron chi connectivity index (χ2n) is 4.32. The number of nitrogens with one attached hydrogen (secondary N) is 2. The van der Waals surface area contributed by atoms with Crippen LogP contribution in [0.4, 0.5) is 17.1 Å². The topological polar surface area (TPSA) is 84.3 Å². The van der Waals surface area contributed by atoms with Crippen LogP contribution in [0, 0.1) is 10.1 Å². The summed E-state index contributed by atoms with van der Waals surface area (Å²) in [5.41, 5.74) is 0.739. The van der Waals surface area contributed by atoms with Crippen molar-refractivity contribution < 1.29 is 9.72 Å². The fourth-order valence-electron chi connectivity index (χ4n) is 1.83. The predicted molar refractivity (Wildman–Crippen MR) is 87.1 cm³/mol. The summed E-state index contributed by atoms with van der Waals surface area (Å²) in [6, 6.07) is 8.61. The third kappa shape index (κ3) is 3.47. The Morgan fingerprint density at radius 2 is 1.86 bits per heavy atom. The highest BCUT2D eigenvalue weighted by molar-refractivity contribution is 6.36. The summed E-state index contributed by atoms with van der Waals surface area (Å²) in [5, 5.41) is 17.0. The molecule has 2 aromatic carbocycles. The Labute approximate surface area is 136 Å². The summed E-state index contributed by atoms with van der Waals surface area (Å²) in [7, 11) is 1.62. The third-order valence-corrected chi connectivity index (χ3v) is 3.47. The minimum absolute atomic E-state index is 0.132. The fraction of sp³-hybridized carbons (Fsp3) is 0.0714. The molecule has 0 atom stereocenters. The Morgan fingerprint density at radius 1 is 1.14 bits per heavy atom. The van der Waals surface area contributed by atoms with Crippen LogP contribution >= 0.6 is 23.2 Å². The summed E-state index contributed by atoms with van der Waals surface area (Å²) >= 11 is 11.8. The molecular weight excluding hydrogens is 329 g/mol. The van der Waals surface area contributed by atoms with Gasteiger partial charge in [0.1, 0.15) is 0 Å². The van der Waals surface area contributed by atoms with E-state index >= 15 is 0 Å². The molecule has 0 radical (unpaired) electrons. The lowest BCUT2D eigenvalue weighted by Crippen LogP contribution is -2.14. The first-order valence-corrected chi connectivity index (χ1v) is 6.90. The molecule has 2 aromatic rings. The van der Waals surface area contributed by atoms with Crippen LogP contribution in [0.3, 0.4) is 0 Å². The molecule has 0 aliphatic rings. The highest BCUT2D eigenvalue weighted by Crippen LogP contribution is 2.28. The van der Waals surface area contributed by atoms with Crippen LogP contribution in [-0.2, 0) is 0 Å². The van der Waals surface area contributed by atoms with E-state index in [2.05, 4.69) is 10.6 Å². The molecular formula is C14H11Cl2N3O3. The molecule has 0 unspecified atom stereocenters. The summed E-state index contributed by atoms with van der Waals surface area (Å²) in [4.78, 5) is 22.6. The standard InChI is InChI=1S/C14H11Cl2N3O3/c1-17-12-5-3-9(19(21)22)7-10(12)14(20)18-13-6-8(15)2-4-11(13)16/h2-7,17H,1H3,(H,18,20). The number of nitro benzene ring substituents is 1. The normalized spacial score (nSPS) is 10.1. The van der Waals surface area contributed by atoms with Crippen LogP contribution in [0.15, 0.2) is 36.4 Å². The number of carbonyl (C=O) groups is 1. The Morgan fingerprint density at radius 3 is 2.50 bits per heavy atom. The lowest BCUT2D eigenvalue weighted by molar-refractivity contribution is -0.384. The largest absolute Gasteiger partial charge is 0.387 e. The molecule has 0 aliphatic carbocycles. The van der Waals surface area contributed by atoms with Crippen LogP contribution in [0.1, 0.15) is 10.4 Å². The molecule has 0 fully saturated rings. The van der Waals surface area contributed by atoms with E-state index in [1.165, 1.54) is 24.3 Å². The number of non-ortho nitro benzene ring substituents is 1. The van der Waals surface area contributed by atoms with Gasteiger partial charge in [0.15, 0.2) is 0 Å². The molecule has 0 saturated heterocycles. The van der Waals surface area contributed by atoms with E-state index in [9.17, 15) is 14.9 Å². The molecule has 0 spiro atoms. The van der Waals surface area contributed by atoms with E-state index in [-0.39, 0.29) is 11.3 Å². The van der Waals surface area contributed by atoms with Crippen LogP contribution in [0.25, 0.3) is 0 Å². The number of hydrogen-bond acceptors (Lipinski definition) is 4. The Hall–Kier alpha value is -2.31. The van der Waals surface area contributed by atoms with Crippen molar-refractivity contribution in [3.8, 4) is 0 Å². The van der Waals surface area contributed by atoms with Gasteiger partial charge in [0, 0.05) is 29.9 Å². The number of nitro groups is 1. The minimum Gasteiger partial charge on any atom is -0.387 e. The summed E-state index contributed by atoms with van der Waals surface area (Å²) in [6.07, 6.45) is 0. The van der Waals surface area contributed by atoms with Crippen molar-refractivity contribution in [2.24, 2.45) is 0 Å². The maximum absolute atomic E-state index is 12.4. The zero-order valence-electron chi connectivity index (χ0n) is 11.4. The number of benzene rings is 2. The molecule has 0 saturated carbocycles. The maximum atomic E-state index is 12.4. The van der Waals surface area contributed by atoms with Crippen LogP contribution in [0.5, 0.6) is 0 Å². The van der Waals surface area contributed by atoms with Gasteiger partial charge in [-0.15, -0.1) is 0 Å². The Balaban J connectivity index is 2.38. The van der Waals surface area contributed by atoms with Gasteiger partial charge in [0.25, 0.3) is 11.6 Å². The number of rotatable bonds is 4. The summed E-state index contributed by atoms with van der Waals surface area (Å²) in [5.74, 6) is -0.530. The van der Waals surface area contributed by atoms with Crippen molar-refractivity contribution in [2.75, 3.05) is 17.7 Å². The van der Waals surface area contributed by atoms with Crippen molar-refractivity contribution in [2.45, 2.75) is 0 Å². The first-order valence-electron chi connectivity index (χ1n) is 6.15. The SMILES string of the molecule is CNc1ccc([N+](=O)[O-])cc1C(=O)Nc1cc(Cl)ccc1Cl. The van der Waals surface area contributed by atoms with Gasteiger partial charge in [-0.25, -0.2) is 0 Å². The number of hydrogen-bond donors (Lipinski definition) is 2. The third-order valence-electron chi connectivity index (χ3n) is 2.90. The van der Waals surface area contributed by atoms with Gasteiger partial charge < -0.3 is 10.6 Å². The molecule has 114 valence electrons. The van der Waals surface area contributed by atoms with E-state index < -0.39 is 10.8 Å². The van der Waals surface area contributed by atoms with Gasteiger partial charge in [-0.1, -0.05) is 23.2 Å². The molecule has 1 amide bonds. The van der Waals surface area contributed by atoms with Gasteiger partial charge >= 0.3 is 0 Å². The molecule has 22 heavy (non-hydrogen) atoms. The lowest BCUT2D eigenvalue weighted by atomic mass is 10.1. The van der Waals surface area contributed by atoms with Crippen molar-refractivity contribution in [3.05, 3.63) is 62.1 Å². The molecule has 6 nitrogen and oxygen atoms in total. The maximum Gasteiger partial charge on any atom is 0.270 e. The molecule has 2 N–H and O–H groups in total. The highest BCUT2D eigenvalue weighted by Gasteiger charge is 2.17. The average Bonchev–Trinajstić information content (AvgIpc) is 2.50. The van der Waals surface area contributed by atoms with E-state index in [0.717, 1.165) is 0 Å². The first kappa shape index (κ1) is 16.1. The first-order chi connectivity index (χ1) is 10.4.